The fraction of sp³-hybridized carbons (Fsp3) is 0.455. The molecular weight excluding hydrogens is 279 g/mol. The summed E-state index contributed by atoms with van der Waals surface area (Å²) in [5.74, 6) is 0.461. The summed E-state index contributed by atoms with van der Waals surface area (Å²) in [7, 11) is 0. The molecule has 4 heteroatoms. The van der Waals surface area contributed by atoms with Crippen LogP contribution in [0.5, 0.6) is 0 Å². The van der Waals surface area contributed by atoms with Gasteiger partial charge in [0.15, 0.2) is 0 Å². The average Bonchev–Trinajstić information content (AvgIpc) is 2.19. The van der Waals surface area contributed by atoms with Crippen LogP contribution in [0.4, 0.5) is 4.39 Å². The smallest absolute Gasteiger partial charge is 0.137 e. The molecule has 0 spiro atoms. The monoisotopic (exact) mass is 292 g/mol. The summed E-state index contributed by atoms with van der Waals surface area (Å²) in [4.78, 5) is 0. The molecule has 0 aromatic heterocycles. The molecule has 0 saturated carbocycles. The Labute approximate surface area is 102 Å². The van der Waals surface area contributed by atoms with E-state index in [9.17, 15) is 9.50 Å². The van der Waals surface area contributed by atoms with Gasteiger partial charge in [-0.3, -0.25) is 0 Å². The number of hydrogen-bond donors (Lipinski definition) is 1. The zero-order valence-electron chi connectivity index (χ0n) is 8.71. The lowest BCUT2D eigenvalue weighted by Crippen LogP contribution is -2.15. The Morgan fingerprint density at radius 2 is 2.13 bits per heavy atom. The fourth-order valence-electron chi connectivity index (χ4n) is 1.02. The highest BCUT2D eigenvalue weighted by atomic mass is 79.9. The Hall–Kier alpha value is -0.0600. The first-order valence-electron chi connectivity index (χ1n) is 4.75. The Morgan fingerprint density at radius 1 is 1.47 bits per heavy atom. The molecule has 1 aromatic carbocycles. The number of halogens is 2. The van der Waals surface area contributed by atoms with Gasteiger partial charge in [-0.15, -0.1) is 0 Å². The SMILES string of the molecule is CC(O)C(C)SCc1cccc(F)c1Br. The van der Waals surface area contributed by atoms with Crippen LogP contribution in [0.25, 0.3) is 0 Å². The molecule has 0 amide bonds. The second-order valence-electron chi connectivity index (χ2n) is 3.47. The third-order valence-electron chi connectivity index (χ3n) is 2.21. The predicted octanol–water partition coefficient (Wildman–Crippen LogP) is 3.59. The van der Waals surface area contributed by atoms with Gasteiger partial charge < -0.3 is 5.11 Å². The molecule has 1 aromatic rings. The predicted molar refractivity (Wildman–Crippen MR) is 66.5 cm³/mol. The van der Waals surface area contributed by atoms with Gasteiger partial charge in [0.05, 0.1) is 10.6 Å². The number of benzene rings is 1. The molecule has 0 aliphatic carbocycles. The van der Waals surface area contributed by atoms with E-state index in [-0.39, 0.29) is 17.2 Å². The second kappa shape index (κ2) is 5.87. The lowest BCUT2D eigenvalue weighted by atomic mass is 10.2. The maximum Gasteiger partial charge on any atom is 0.137 e. The molecule has 1 N–H and O–H groups in total. The maximum absolute atomic E-state index is 13.2. The lowest BCUT2D eigenvalue weighted by Gasteiger charge is -2.14. The minimum Gasteiger partial charge on any atom is -0.392 e. The van der Waals surface area contributed by atoms with Crippen molar-refractivity contribution < 1.29 is 9.50 Å². The highest BCUT2D eigenvalue weighted by Crippen LogP contribution is 2.27. The molecule has 2 unspecified atom stereocenters. The number of hydrogen-bond acceptors (Lipinski definition) is 2. The van der Waals surface area contributed by atoms with E-state index in [0.717, 1.165) is 5.56 Å². The summed E-state index contributed by atoms with van der Waals surface area (Å²) in [6, 6.07) is 5.01. The standard InChI is InChI=1S/C11H14BrFOS/c1-7(14)8(2)15-6-9-4-3-5-10(13)11(9)12/h3-5,7-8,14H,6H2,1-2H3. The molecule has 1 rings (SSSR count). The third kappa shape index (κ3) is 3.78. The molecule has 0 radical (unpaired) electrons. The van der Waals surface area contributed by atoms with Gasteiger partial charge in [0, 0.05) is 11.0 Å². The lowest BCUT2D eigenvalue weighted by molar-refractivity contribution is 0.196. The van der Waals surface area contributed by atoms with Gasteiger partial charge >= 0.3 is 0 Å². The van der Waals surface area contributed by atoms with Crippen molar-refractivity contribution in [1.82, 2.24) is 0 Å². The summed E-state index contributed by atoms with van der Waals surface area (Å²) in [5.41, 5.74) is 0.924. The van der Waals surface area contributed by atoms with Crippen LogP contribution in [0.15, 0.2) is 22.7 Å². The normalized spacial score (nSPS) is 15.0. The molecule has 84 valence electrons. The van der Waals surface area contributed by atoms with Crippen molar-refractivity contribution >= 4 is 27.7 Å². The van der Waals surface area contributed by atoms with E-state index >= 15 is 0 Å². The van der Waals surface area contributed by atoms with E-state index in [4.69, 9.17) is 0 Å². The Kier molecular flexibility index (Phi) is 5.09. The Bertz CT molecular complexity index is 330. The van der Waals surface area contributed by atoms with E-state index in [0.29, 0.717) is 10.2 Å². The third-order valence-corrected chi connectivity index (χ3v) is 4.50. The zero-order chi connectivity index (χ0) is 11.4. The molecule has 0 aliphatic rings. The van der Waals surface area contributed by atoms with Crippen LogP contribution in [0.1, 0.15) is 19.4 Å². The van der Waals surface area contributed by atoms with Gasteiger partial charge in [0.1, 0.15) is 5.82 Å². The summed E-state index contributed by atoms with van der Waals surface area (Å²) in [6.07, 6.45) is -0.345. The summed E-state index contributed by atoms with van der Waals surface area (Å²) in [6.45, 7) is 3.72. The van der Waals surface area contributed by atoms with Crippen molar-refractivity contribution in [3.05, 3.63) is 34.1 Å². The van der Waals surface area contributed by atoms with Crippen LogP contribution in [-0.2, 0) is 5.75 Å². The van der Waals surface area contributed by atoms with Crippen molar-refractivity contribution in [1.29, 1.82) is 0 Å². The first-order chi connectivity index (χ1) is 7.02. The molecule has 15 heavy (non-hydrogen) atoms. The first kappa shape index (κ1) is 13.0. The van der Waals surface area contributed by atoms with Crippen molar-refractivity contribution in [2.75, 3.05) is 0 Å². The Balaban J connectivity index is 2.62. The van der Waals surface area contributed by atoms with E-state index < -0.39 is 0 Å². The number of thioether (sulfide) groups is 1. The Morgan fingerprint density at radius 3 is 2.73 bits per heavy atom. The van der Waals surface area contributed by atoms with Gasteiger partial charge in [-0.25, -0.2) is 4.39 Å². The molecule has 0 fully saturated rings. The van der Waals surface area contributed by atoms with Crippen LogP contribution >= 0.6 is 27.7 Å². The summed E-state index contributed by atoms with van der Waals surface area (Å²) >= 11 is 4.83. The van der Waals surface area contributed by atoms with Crippen molar-refractivity contribution in [3.63, 3.8) is 0 Å². The van der Waals surface area contributed by atoms with Crippen molar-refractivity contribution in [2.45, 2.75) is 31.0 Å². The van der Waals surface area contributed by atoms with E-state index in [1.807, 2.05) is 13.0 Å². The molecule has 1 nitrogen and oxygen atoms in total. The number of aliphatic hydroxyl groups excluding tert-OH is 1. The molecule has 0 heterocycles. The zero-order valence-corrected chi connectivity index (χ0v) is 11.1. The second-order valence-corrected chi connectivity index (χ2v) is 5.63. The first-order valence-corrected chi connectivity index (χ1v) is 6.59. The van der Waals surface area contributed by atoms with Gasteiger partial charge in [-0.2, -0.15) is 11.8 Å². The molecular formula is C11H14BrFOS. The minimum absolute atomic E-state index is 0.153. The van der Waals surface area contributed by atoms with Gasteiger partial charge in [-0.05, 0) is 34.5 Å². The molecule has 0 aliphatic heterocycles. The van der Waals surface area contributed by atoms with Crippen molar-refractivity contribution in [3.8, 4) is 0 Å². The van der Waals surface area contributed by atoms with Gasteiger partial charge in [0.2, 0.25) is 0 Å². The van der Waals surface area contributed by atoms with Gasteiger partial charge in [-0.1, -0.05) is 19.1 Å². The molecule has 0 saturated heterocycles. The number of aliphatic hydroxyl groups is 1. The van der Waals surface area contributed by atoms with Gasteiger partial charge in [0.25, 0.3) is 0 Å². The van der Waals surface area contributed by atoms with Crippen molar-refractivity contribution in [2.24, 2.45) is 0 Å². The summed E-state index contributed by atoms with van der Waals surface area (Å²) < 4.78 is 13.7. The topological polar surface area (TPSA) is 20.2 Å². The quantitative estimate of drug-likeness (QED) is 0.915. The maximum atomic E-state index is 13.2. The van der Waals surface area contributed by atoms with Crippen LogP contribution in [-0.4, -0.2) is 16.5 Å². The highest BCUT2D eigenvalue weighted by molar-refractivity contribution is 9.10. The van der Waals surface area contributed by atoms with Crippen LogP contribution < -0.4 is 0 Å². The van der Waals surface area contributed by atoms with Crippen LogP contribution in [0, 0.1) is 5.82 Å². The minimum atomic E-state index is -0.345. The van der Waals surface area contributed by atoms with E-state index in [1.54, 1.807) is 24.8 Å². The van der Waals surface area contributed by atoms with E-state index in [1.165, 1.54) is 6.07 Å². The fourth-order valence-corrected chi connectivity index (χ4v) is 2.57. The number of rotatable bonds is 4. The average molecular weight is 293 g/mol. The van der Waals surface area contributed by atoms with Crippen LogP contribution in [0.2, 0.25) is 0 Å². The summed E-state index contributed by atoms with van der Waals surface area (Å²) in [5, 5.41) is 9.47. The van der Waals surface area contributed by atoms with E-state index in [2.05, 4.69) is 15.9 Å². The van der Waals surface area contributed by atoms with Crippen LogP contribution in [0.3, 0.4) is 0 Å². The molecule has 0 bridgehead atoms. The molecule has 2 atom stereocenters. The largest absolute Gasteiger partial charge is 0.392 e. The highest BCUT2D eigenvalue weighted by Gasteiger charge is 2.11.